The van der Waals surface area contributed by atoms with E-state index in [0.29, 0.717) is 24.4 Å². The lowest BCUT2D eigenvalue weighted by Crippen LogP contribution is -2.23. The Morgan fingerprint density at radius 1 is 1.58 bits per heavy atom. The van der Waals surface area contributed by atoms with Gasteiger partial charge in [-0.3, -0.25) is 5.21 Å². The van der Waals surface area contributed by atoms with Gasteiger partial charge in [0.1, 0.15) is 5.78 Å². The predicted molar refractivity (Wildman–Crippen MR) is 74.5 cm³/mol. The second-order valence-electron chi connectivity index (χ2n) is 5.20. The molecule has 1 aliphatic heterocycles. The van der Waals surface area contributed by atoms with Crippen LogP contribution >= 0.6 is 0 Å². The molecule has 104 valence electrons. The second-order valence-corrected chi connectivity index (χ2v) is 5.20. The molecular formula is C14H19N2O3-. The van der Waals surface area contributed by atoms with Gasteiger partial charge in [0, 0.05) is 18.2 Å². The molecule has 0 bridgehead atoms. The maximum Gasteiger partial charge on any atom is 0.130 e. The molecule has 1 aromatic rings. The number of carbonyl (C=O) groups excluding carboxylic acids is 1. The fourth-order valence-electron chi connectivity index (χ4n) is 2.42. The molecule has 0 fully saturated rings. The maximum absolute atomic E-state index is 11.2. The first-order valence-corrected chi connectivity index (χ1v) is 6.55. The monoisotopic (exact) mass is 263 g/mol. The Labute approximate surface area is 112 Å². The number of ketones is 1. The standard InChI is InChI=1S/C14H19N2O3/c1-9-3-5-11-8-14(16(18)19)12(6-4-10(2)17)7-13(11)15-9/h7-9,15,18H,3-6H2,1-2H3/q-1. The summed E-state index contributed by atoms with van der Waals surface area (Å²) in [5.74, 6) is 0.0698. The topological polar surface area (TPSA) is 75.6 Å². The molecule has 0 saturated carbocycles. The molecule has 0 aliphatic carbocycles. The summed E-state index contributed by atoms with van der Waals surface area (Å²) < 4.78 is 0. The highest BCUT2D eigenvalue weighted by Crippen LogP contribution is 2.32. The van der Waals surface area contributed by atoms with E-state index >= 15 is 0 Å². The van der Waals surface area contributed by atoms with Gasteiger partial charge in [0.25, 0.3) is 0 Å². The number of hydrogen-bond acceptors (Lipinski definition) is 5. The molecule has 0 radical (unpaired) electrons. The molecule has 1 unspecified atom stereocenters. The van der Waals surface area contributed by atoms with Crippen molar-refractivity contribution < 1.29 is 10.0 Å². The molecule has 1 atom stereocenters. The first kappa shape index (κ1) is 13.8. The molecule has 1 aromatic carbocycles. The minimum Gasteiger partial charge on any atom is -0.733 e. The van der Waals surface area contributed by atoms with Gasteiger partial charge in [-0.15, -0.1) is 0 Å². The van der Waals surface area contributed by atoms with Gasteiger partial charge >= 0.3 is 0 Å². The largest absolute Gasteiger partial charge is 0.733 e. The molecule has 19 heavy (non-hydrogen) atoms. The van der Waals surface area contributed by atoms with Crippen molar-refractivity contribution in [3.8, 4) is 0 Å². The number of rotatable bonds is 4. The lowest BCUT2D eigenvalue weighted by atomic mass is 9.94. The van der Waals surface area contributed by atoms with Crippen LogP contribution in [0.4, 0.5) is 11.4 Å². The second kappa shape index (κ2) is 5.59. The summed E-state index contributed by atoms with van der Waals surface area (Å²) in [4.78, 5) is 11.1. The van der Waals surface area contributed by atoms with Crippen molar-refractivity contribution in [2.24, 2.45) is 0 Å². The third-order valence-corrected chi connectivity index (χ3v) is 3.51. The van der Waals surface area contributed by atoms with Gasteiger partial charge in [-0.2, -0.15) is 0 Å². The van der Waals surface area contributed by atoms with Gasteiger partial charge in [0.15, 0.2) is 0 Å². The lowest BCUT2D eigenvalue weighted by molar-refractivity contribution is -0.116. The number of nitrogens with one attached hydrogen (secondary N) is 1. The Kier molecular flexibility index (Phi) is 4.07. The molecule has 1 aliphatic rings. The summed E-state index contributed by atoms with van der Waals surface area (Å²) in [6.07, 6.45) is 2.73. The Balaban J connectivity index is 2.33. The molecule has 0 spiro atoms. The van der Waals surface area contributed by atoms with Gasteiger partial charge in [-0.05, 0) is 56.4 Å². The number of Topliss-reactive ketones (excluding diaryl/α,β-unsaturated/α-hetero) is 1. The van der Waals surface area contributed by atoms with Crippen LogP contribution in [0.15, 0.2) is 12.1 Å². The molecule has 5 nitrogen and oxygen atoms in total. The number of hydrogen-bond donors (Lipinski definition) is 2. The van der Waals surface area contributed by atoms with Crippen LogP contribution < -0.4 is 10.5 Å². The van der Waals surface area contributed by atoms with Gasteiger partial charge < -0.3 is 20.5 Å². The molecule has 2 N–H and O–H groups in total. The smallest absolute Gasteiger partial charge is 0.130 e. The molecular weight excluding hydrogens is 244 g/mol. The van der Waals surface area contributed by atoms with Crippen LogP contribution in [-0.4, -0.2) is 17.0 Å². The van der Waals surface area contributed by atoms with Crippen molar-refractivity contribution in [2.45, 2.75) is 45.6 Å². The van der Waals surface area contributed by atoms with E-state index in [0.717, 1.165) is 24.1 Å². The zero-order chi connectivity index (χ0) is 14.0. The van der Waals surface area contributed by atoms with E-state index < -0.39 is 0 Å². The van der Waals surface area contributed by atoms with E-state index in [-0.39, 0.29) is 16.7 Å². The number of carbonyl (C=O) groups is 1. The number of aryl methyl sites for hydroxylation is 2. The van der Waals surface area contributed by atoms with Gasteiger partial charge in [0.05, 0.1) is 5.69 Å². The van der Waals surface area contributed by atoms with Crippen molar-refractivity contribution in [3.63, 3.8) is 0 Å². The van der Waals surface area contributed by atoms with Crippen LogP contribution in [0, 0.1) is 5.21 Å². The highest BCUT2D eigenvalue weighted by atomic mass is 16.8. The molecule has 0 saturated heterocycles. The third-order valence-electron chi connectivity index (χ3n) is 3.51. The first-order chi connectivity index (χ1) is 8.97. The van der Waals surface area contributed by atoms with Crippen molar-refractivity contribution in [3.05, 3.63) is 28.5 Å². The van der Waals surface area contributed by atoms with Crippen molar-refractivity contribution in [2.75, 3.05) is 10.5 Å². The maximum atomic E-state index is 11.2. The third kappa shape index (κ3) is 3.24. The van der Waals surface area contributed by atoms with Crippen LogP contribution in [-0.2, 0) is 17.6 Å². The highest BCUT2D eigenvalue weighted by Gasteiger charge is 2.17. The quantitative estimate of drug-likeness (QED) is 0.817. The SMILES string of the molecule is CC(=O)CCc1cc2c(cc1N([O-])O)CCC(C)N2. The van der Waals surface area contributed by atoms with Crippen LogP contribution in [0.25, 0.3) is 0 Å². The first-order valence-electron chi connectivity index (χ1n) is 6.55. The van der Waals surface area contributed by atoms with Gasteiger partial charge in [-0.1, -0.05) is 0 Å². The zero-order valence-corrected chi connectivity index (χ0v) is 11.3. The Bertz CT molecular complexity index is 486. The van der Waals surface area contributed by atoms with Crippen molar-refractivity contribution in [1.29, 1.82) is 0 Å². The molecule has 0 aromatic heterocycles. The van der Waals surface area contributed by atoms with E-state index in [2.05, 4.69) is 12.2 Å². The minimum absolute atomic E-state index is 0.0698. The highest BCUT2D eigenvalue weighted by molar-refractivity contribution is 5.76. The summed E-state index contributed by atoms with van der Waals surface area (Å²) in [7, 11) is 0. The van der Waals surface area contributed by atoms with Crippen LogP contribution in [0.5, 0.6) is 0 Å². The fraction of sp³-hybridized carbons (Fsp3) is 0.500. The Hall–Kier alpha value is -1.59. The van der Waals surface area contributed by atoms with Gasteiger partial charge in [0.2, 0.25) is 0 Å². The van der Waals surface area contributed by atoms with E-state index in [9.17, 15) is 15.2 Å². The molecule has 0 amide bonds. The summed E-state index contributed by atoms with van der Waals surface area (Å²) in [5, 5.41) is 23.7. The van der Waals surface area contributed by atoms with Crippen LogP contribution in [0.1, 0.15) is 37.8 Å². The predicted octanol–water partition coefficient (Wildman–Crippen LogP) is 2.65. The number of anilines is 2. The fourth-order valence-corrected chi connectivity index (χ4v) is 2.42. The van der Waals surface area contributed by atoms with E-state index in [4.69, 9.17) is 0 Å². The summed E-state index contributed by atoms with van der Waals surface area (Å²) in [6, 6.07) is 4.00. The summed E-state index contributed by atoms with van der Waals surface area (Å²) in [5.41, 5.74) is 2.99. The van der Waals surface area contributed by atoms with Crippen LogP contribution in [0.3, 0.4) is 0 Å². The van der Waals surface area contributed by atoms with Crippen molar-refractivity contribution >= 4 is 17.2 Å². The number of nitrogens with zero attached hydrogens (tertiary/aromatic N) is 1. The normalized spacial score (nSPS) is 17.6. The van der Waals surface area contributed by atoms with Gasteiger partial charge in [-0.25, -0.2) is 0 Å². The molecule has 2 rings (SSSR count). The Morgan fingerprint density at radius 3 is 2.95 bits per heavy atom. The average Bonchev–Trinajstić information content (AvgIpc) is 2.34. The summed E-state index contributed by atoms with van der Waals surface area (Å²) in [6.45, 7) is 3.63. The summed E-state index contributed by atoms with van der Waals surface area (Å²) >= 11 is 0. The number of fused-ring (bicyclic) bond motifs is 1. The zero-order valence-electron chi connectivity index (χ0n) is 11.3. The van der Waals surface area contributed by atoms with E-state index in [1.165, 1.54) is 6.92 Å². The molecule has 1 heterocycles. The lowest BCUT2D eigenvalue weighted by Gasteiger charge is -2.30. The van der Waals surface area contributed by atoms with E-state index in [1.54, 1.807) is 6.07 Å². The minimum atomic E-state index is -0.103. The van der Waals surface area contributed by atoms with E-state index in [1.807, 2.05) is 6.07 Å². The average molecular weight is 263 g/mol. The van der Waals surface area contributed by atoms with Crippen molar-refractivity contribution in [1.82, 2.24) is 0 Å². The van der Waals surface area contributed by atoms with Crippen LogP contribution in [0.2, 0.25) is 0 Å². The Morgan fingerprint density at radius 2 is 2.32 bits per heavy atom. The number of benzene rings is 1. The molecule has 5 heteroatoms.